The average molecular weight is 544 g/mol. The topological polar surface area (TPSA) is 65.3 Å². The molecule has 4 rings (SSSR count). The first-order chi connectivity index (χ1) is 15.8. The number of rotatable bonds is 4. The number of fused-ring (bicyclic) bond motifs is 1. The monoisotopic (exact) mass is 543 g/mol. The van der Waals surface area contributed by atoms with Crippen LogP contribution in [0.4, 0.5) is 5.82 Å². The molecule has 0 spiro atoms. The molecule has 0 saturated heterocycles. The maximum atomic E-state index is 13.4. The van der Waals surface area contributed by atoms with Gasteiger partial charge in [-0.25, -0.2) is 4.79 Å². The molecule has 1 atom stereocenters. The number of anilines is 1. The van der Waals surface area contributed by atoms with Gasteiger partial charge in [0.2, 0.25) is 0 Å². The number of aromatic nitrogens is 2. The van der Waals surface area contributed by atoms with Gasteiger partial charge in [-0.05, 0) is 53.8 Å². The van der Waals surface area contributed by atoms with E-state index in [0.29, 0.717) is 15.6 Å². The van der Waals surface area contributed by atoms with Crippen LogP contribution in [-0.2, 0) is 14.1 Å². The Morgan fingerprint density at radius 1 is 1.06 bits per heavy atom. The molecule has 0 fully saturated rings. The highest BCUT2D eigenvalue weighted by molar-refractivity contribution is 9.10. The first-order valence-electron chi connectivity index (χ1n) is 10.1. The van der Waals surface area contributed by atoms with Gasteiger partial charge in [-0.1, -0.05) is 40.3 Å². The fourth-order valence-electron chi connectivity index (χ4n) is 4.06. The van der Waals surface area contributed by atoms with E-state index in [-0.39, 0.29) is 5.56 Å². The van der Waals surface area contributed by atoms with Crippen LogP contribution in [0.15, 0.2) is 68.2 Å². The van der Waals surface area contributed by atoms with Gasteiger partial charge in [0.1, 0.15) is 11.6 Å². The Morgan fingerprint density at radius 3 is 2.27 bits per heavy atom. The van der Waals surface area contributed by atoms with Gasteiger partial charge in [0.25, 0.3) is 5.56 Å². The molecule has 1 aromatic heterocycles. The van der Waals surface area contributed by atoms with Crippen molar-refractivity contribution >= 4 is 55.6 Å². The van der Waals surface area contributed by atoms with Gasteiger partial charge in [-0.2, -0.15) is 0 Å². The summed E-state index contributed by atoms with van der Waals surface area (Å²) < 4.78 is 9.54. The van der Waals surface area contributed by atoms with Crippen LogP contribution in [0.25, 0.3) is 5.70 Å². The Kier molecular flexibility index (Phi) is 6.65. The van der Waals surface area contributed by atoms with Gasteiger partial charge in [-0.3, -0.25) is 13.9 Å². The van der Waals surface area contributed by atoms with Crippen molar-refractivity contribution in [2.75, 3.05) is 18.7 Å². The minimum atomic E-state index is -0.447. The molecule has 9 heteroatoms. The summed E-state index contributed by atoms with van der Waals surface area (Å²) in [5.41, 5.74) is 3.13. The van der Waals surface area contributed by atoms with E-state index in [1.165, 1.54) is 23.4 Å². The van der Waals surface area contributed by atoms with Gasteiger partial charge < -0.3 is 10.1 Å². The van der Waals surface area contributed by atoms with Crippen molar-refractivity contribution in [3.8, 4) is 5.75 Å². The molecule has 0 saturated carbocycles. The summed E-state index contributed by atoms with van der Waals surface area (Å²) in [4.78, 5) is 26.2. The summed E-state index contributed by atoms with van der Waals surface area (Å²) in [7, 11) is 4.78. The number of nitrogens with one attached hydrogen (secondary N) is 1. The number of hydrogen-bond donors (Lipinski definition) is 1. The predicted molar refractivity (Wildman–Crippen MR) is 143 cm³/mol. The minimum absolute atomic E-state index is 0.344. The standard InChI is InChI=1S/C24H22BrN3O3S2/c1-27-21-19(22(29)28(2)24(27)30)17(13-5-9-15(25)10-6-13)18(23(32)33-4)20(26-21)14-7-11-16(31-3)12-8-14/h5-12,17,26H,1-4H3. The summed E-state index contributed by atoms with van der Waals surface area (Å²) in [5.74, 6) is 0.752. The van der Waals surface area contributed by atoms with Crippen LogP contribution < -0.4 is 21.3 Å². The average Bonchev–Trinajstić information content (AvgIpc) is 2.85. The zero-order valence-corrected chi connectivity index (χ0v) is 21.7. The summed E-state index contributed by atoms with van der Waals surface area (Å²) in [6.07, 6.45) is 1.92. The molecule has 0 aliphatic carbocycles. The smallest absolute Gasteiger partial charge is 0.332 e. The number of thioether (sulfide) groups is 1. The van der Waals surface area contributed by atoms with Crippen molar-refractivity contribution in [1.82, 2.24) is 9.13 Å². The van der Waals surface area contributed by atoms with Crippen molar-refractivity contribution in [2.24, 2.45) is 14.1 Å². The molecule has 1 N–H and O–H groups in total. The molecule has 170 valence electrons. The fraction of sp³-hybridized carbons (Fsp3) is 0.208. The Bertz CT molecular complexity index is 1390. The maximum absolute atomic E-state index is 13.4. The molecule has 0 bridgehead atoms. The number of benzene rings is 2. The molecule has 2 aromatic carbocycles. The van der Waals surface area contributed by atoms with Gasteiger partial charge in [-0.15, -0.1) is 11.8 Å². The van der Waals surface area contributed by atoms with Crippen LogP contribution in [0.1, 0.15) is 22.6 Å². The number of thiocarbonyl (C=S) groups is 1. The van der Waals surface area contributed by atoms with Gasteiger partial charge >= 0.3 is 5.69 Å². The minimum Gasteiger partial charge on any atom is -0.497 e. The number of halogens is 1. The van der Waals surface area contributed by atoms with Crippen LogP contribution in [0, 0.1) is 0 Å². The van der Waals surface area contributed by atoms with E-state index in [4.69, 9.17) is 17.0 Å². The fourth-order valence-corrected chi connectivity index (χ4v) is 4.98. The lowest BCUT2D eigenvalue weighted by molar-refractivity contribution is 0.415. The Hall–Kier alpha value is -2.62. The lowest BCUT2D eigenvalue weighted by atomic mass is 9.81. The summed E-state index contributed by atoms with van der Waals surface area (Å²) in [6, 6.07) is 15.5. The molecular weight excluding hydrogens is 522 g/mol. The second-order valence-corrected chi connectivity index (χ2v) is 9.99. The number of methoxy groups -OCH3 is 1. The van der Waals surface area contributed by atoms with Crippen LogP contribution in [-0.4, -0.2) is 26.7 Å². The largest absolute Gasteiger partial charge is 0.497 e. The highest BCUT2D eigenvalue weighted by atomic mass is 79.9. The number of nitrogens with zero attached hydrogens (tertiary/aromatic N) is 2. The lowest BCUT2D eigenvalue weighted by Crippen LogP contribution is -2.43. The van der Waals surface area contributed by atoms with E-state index >= 15 is 0 Å². The van der Waals surface area contributed by atoms with Crippen molar-refractivity contribution in [2.45, 2.75) is 5.92 Å². The molecule has 1 unspecified atom stereocenters. The van der Waals surface area contributed by atoms with Crippen molar-refractivity contribution in [3.05, 3.63) is 96.1 Å². The van der Waals surface area contributed by atoms with Crippen LogP contribution >= 0.6 is 39.9 Å². The third-order valence-electron chi connectivity index (χ3n) is 5.78. The van der Waals surface area contributed by atoms with Crippen LogP contribution in [0.5, 0.6) is 5.75 Å². The van der Waals surface area contributed by atoms with Gasteiger partial charge in [0, 0.05) is 30.1 Å². The Balaban J connectivity index is 2.11. The Morgan fingerprint density at radius 2 is 1.70 bits per heavy atom. The molecule has 2 heterocycles. The SMILES string of the molecule is COc1ccc(C2=C(C(=S)SC)C(c3ccc(Br)cc3)c3c(n(C)c(=O)n(C)c3=O)N2)cc1. The summed E-state index contributed by atoms with van der Waals surface area (Å²) in [6.45, 7) is 0. The maximum Gasteiger partial charge on any atom is 0.332 e. The molecule has 3 aromatic rings. The van der Waals surface area contributed by atoms with E-state index in [1.54, 1.807) is 14.2 Å². The van der Waals surface area contributed by atoms with Crippen LogP contribution in [0.2, 0.25) is 0 Å². The summed E-state index contributed by atoms with van der Waals surface area (Å²) in [5, 5.41) is 3.38. The second kappa shape index (κ2) is 9.32. The second-order valence-electron chi connectivity index (χ2n) is 7.59. The van der Waals surface area contributed by atoms with Crippen LogP contribution in [0.3, 0.4) is 0 Å². The number of ether oxygens (including phenoxy) is 1. The van der Waals surface area contributed by atoms with Crippen molar-refractivity contribution in [1.29, 1.82) is 0 Å². The molecule has 33 heavy (non-hydrogen) atoms. The number of hydrogen-bond acceptors (Lipinski definition) is 6. The zero-order valence-electron chi connectivity index (χ0n) is 18.5. The van der Waals surface area contributed by atoms with E-state index in [1.807, 2.05) is 54.8 Å². The Labute approximate surface area is 209 Å². The van der Waals surface area contributed by atoms with E-state index in [9.17, 15) is 9.59 Å². The first kappa shape index (κ1) is 23.5. The predicted octanol–water partition coefficient (Wildman–Crippen LogP) is 4.51. The third kappa shape index (κ3) is 4.09. The van der Waals surface area contributed by atoms with Gasteiger partial charge in [0.05, 0.1) is 22.6 Å². The van der Waals surface area contributed by atoms with E-state index in [2.05, 4.69) is 21.2 Å². The zero-order chi connectivity index (χ0) is 23.9. The highest BCUT2D eigenvalue weighted by Crippen LogP contribution is 2.44. The van der Waals surface area contributed by atoms with Gasteiger partial charge in [0.15, 0.2) is 0 Å². The third-order valence-corrected chi connectivity index (χ3v) is 7.62. The quantitative estimate of drug-likeness (QED) is 0.488. The first-order valence-corrected chi connectivity index (χ1v) is 12.5. The normalized spacial score (nSPS) is 15.1. The molecule has 0 amide bonds. The van der Waals surface area contributed by atoms with E-state index in [0.717, 1.165) is 37.2 Å². The summed E-state index contributed by atoms with van der Waals surface area (Å²) >= 11 is 10.8. The lowest BCUT2D eigenvalue weighted by Gasteiger charge is -2.33. The van der Waals surface area contributed by atoms with Crippen molar-refractivity contribution < 1.29 is 4.74 Å². The molecule has 6 nitrogen and oxygen atoms in total. The molecule has 0 radical (unpaired) electrons. The molecule has 1 aliphatic rings. The van der Waals surface area contributed by atoms with E-state index < -0.39 is 11.6 Å². The highest BCUT2D eigenvalue weighted by Gasteiger charge is 2.36. The molecule has 1 aliphatic heterocycles. The van der Waals surface area contributed by atoms with Crippen molar-refractivity contribution in [3.63, 3.8) is 0 Å². The molecular formula is C24H22BrN3O3S2.